The lowest BCUT2D eigenvalue weighted by Crippen LogP contribution is -2.60. The van der Waals surface area contributed by atoms with Gasteiger partial charge in [-0.3, -0.25) is 0 Å². The number of ether oxygens (including phenoxy) is 1. The Bertz CT molecular complexity index is 268. The maximum absolute atomic E-state index is 10.4. The highest BCUT2D eigenvalue weighted by atomic mass is 16.5. The summed E-state index contributed by atoms with van der Waals surface area (Å²) in [6.07, 6.45) is 6.68. The van der Waals surface area contributed by atoms with E-state index in [1.165, 1.54) is 0 Å². The summed E-state index contributed by atoms with van der Waals surface area (Å²) in [6.45, 7) is 9.24. The molecular weight excluding hydrogens is 200 g/mol. The fourth-order valence-electron chi connectivity index (χ4n) is 3.81. The van der Waals surface area contributed by atoms with Crippen molar-refractivity contribution in [2.75, 3.05) is 6.61 Å². The highest BCUT2D eigenvalue weighted by Crippen LogP contribution is 2.56. The lowest BCUT2D eigenvalue weighted by Gasteiger charge is -2.55. The monoisotopic (exact) mass is 224 g/mol. The number of rotatable bonds is 2. The Morgan fingerprint density at radius 1 is 1.50 bits per heavy atom. The van der Waals surface area contributed by atoms with Gasteiger partial charge in [-0.2, -0.15) is 0 Å². The van der Waals surface area contributed by atoms with Crippen molar-refractivity contribution in [1.82, 2.24) is 0 Å². The summed E-state index contributed by atoms with van der Waals surface area (Å²) >= 11 is 0. The van der Waals surface area contributed by atoms with Gasteiger partial charge in [-0.05, 0) is 38.0 Å². The van der Waals surface area contributed by atoms with Crippen molar-refractivity contribution < 1.29 is 9.84 Å². The van der Waals surface area contributed by atoms with Crippen molar-refractivity contribution in [3.05, 3.63) is 12.7 Å². The maximum Gasteiger partial charge on any atom is 0.0999 e. The molecule has 0 unspecified atom stereocenters. The zero-order chi connectivity index (χ0) is 11.8. The van der Waals surface area contributed by atoms with Gasteiger partial charge in [0.1, 0.15) is 0 Å². The molecule has 2 nitrogen and oxygen atoms in total. The molecule has 1 spiro atoms. The third-order valence-corrected chi connectivity index (χ3v) is 5.09. The summed E-state index contributed by atoms with van der Waals surface area (Å²) in [4.78, 5) is 0. The van der Waals surface area contributed by atoms with Crippen LogP contribution >= 0.6 is 0 Å². The lowest BCUT2D eigenvalue weighted by molar-refractivity contribution is -0.202. The summed E-state index contributed by atoms with van der Waals surface area (Å²) in [6, 6.07) is 0. The van der Waals surface area contributed by atoms with Crippen LogP contribution in [0.2, 0.25) is 0 Å². The van der Waals surface area contributed by atoms with E-state index < -0.39 is 0 Å². The molecule has 16 heavy (non-hydrogen) atoms. The number of aliphatic hydroxyl groups excluding tert-OH is 1. The van der Waals surface area contributed by atoms with Crippen LogP contribution in [0.4, 0.5) is 0 Å². The molecule has 2 fully saturated rings. The van der Waals surface area contributed by atoms with Gasteiger partial charge in [0, 0.05) is 12.0 Å². The van der Waals surface area contributed by atoms with E-state index in [4.69, 9.17) is 4.74 Å². The fourth-order valence-corrected chi connectivity index (χ4v) is 3.81. The predicted molar refractivity (Wildman–Crippen MR) is 65.2 cm³/mol. The van der Waals surface area contributed by atoms with E-state index in [-0.39, 0.29) is 17.1 Å². The van der Waals surface area contributed by atoms with Crippen LogP contribution in [-0.2, 0) is 4.74 Å². The van der Waals surface area contributed by atoms with Gasteiger partial charge in [0.25, 0.3) is 0 Å². The smallest absolute Gasteiger partial charge is 0.0999 e. The molecule has 1 saturated carbocycles. The summed E-state index contributed by atoms with van der Waals surface area (Å²) in [5.74, 6) is 0.590. The predicted octanol–water partition coefficient (Wildman–Crippen LogP) is 2.91. The Morgan fingerprint density at radius 3 is 2.81 bits per heavy atom. The molecule has 0 bridgehead atoms. The van der Waals surface area contributed by atoms with E-state index in [1.807, 2.05) is 6.08 Å². The molecule has 1 aliphatic heterocycles. The molecule has 2 rings (SSSR count). The van der Waals surface area contributed by atoms with Gasteiger partial charge < -0.3 is 9.84 Å². The molecule has 1 N–H and O–H groups in total. The molecule has 0 amide bonds. The number of hydrogen-bond acceptors (Lipinski definition) is 2. The second kappa shape index (κ2) is 4.15. The summed E-state index contributed by atoms with van der Waals surface area (Å²) in [7, 11) is 0. The number of aliphatic hydroxyl groups is 1. The Morgan fingerprint density at radius 2 is 2.25 bits per heavy atom. The largest absolute Gasteiger partial charge is 0.390 e. The number of allylic oxidation sites excluding steroid dienone is 1. The minimum absolute atomic E-state index is 0.0446. The Labute approximate surface area is 98.7 Å². The van der Waals surface area contributed by atoms with Crippen molar-refractivity contribution >= 4 is 0 Å². The van der Waals surface area contributed by atoms with E-state index in [2.05, 4.69) is 20.4 Å². The molecule has 0 aromatic heterocycles. The third-order valence-electron chi connectivity index (χ3n) is 5.09. The average molecular weight is 224 g/mol. The zero-order valence-electron chi connectivity index (χ0n) is 10.5. The van der Waals surface area contributed by atoms with Gasteiger partial charge >= 0.3 is 0 Å². The first-order valence-corrected chi connectivity index (χ1v) is 6.50. The molecule has 2 heteroatoms. The van der Waals surface area contributed by atoms with Crippen LogP contribution in [0.25, 0.3) is 0 Å². The van der Waals surface area contributed by atoms with Crippen LogP contribution in [0.15, 0.2) is 12.7 Å². The molecule has 4 atom stereocenters. The van der Waals surface area contributed by atoms with Crippen LogP contribution in [-0.4, -0.2) is 23.4 Å². The highest BCUT2D eigenvalue weighted by Gasteiger charge is 2.59. The Hall–Kier alpha value is -0.340. The van der Waals surface area contributed by atoms with Crippen LogP contribution in [0.5, 0.6) is 0 Å². The van der Waals surface area contributed by atoms with Gasteiger partial charge in [-0.25, -0.2) is 0 Å². The van der Waals surface area contributed by atoms with Gasteiger partial charge in [0.05, 0.1) is 11.7 Å². The molecule has 2 aliphatic rings. The van der Waals surface area contributed by atoms with Gasteiger partial charge in [-0.1, -0.05) is 19.9 Å². The van der Waals surface area contributed by atoms with Crippen molar-refractivity contribution in [2.24, 2.45) is 11.3 Å². The third kappa shape index (κ3) is 1.46. The van der Waals surface area contributed by atoms with E-state index in [9.17, 15) is 5.11 Å². The van der Waals surface area contributed by atoms with E-state index >= 15 is 0 Å². The van der Waals surface area contributed by atoms with Gasteiger partial charge in [-0.15, -0.1) is 6.58 Å². The molecule has 0 radical (unpaired) electrons. The molecule has 1 saturated heterocycles. The molecule has 0 aromatic rings. The topological polar surface area (TPSA) is 29.5 Å². The molecule has 1 heterocycles. The second-order valence-corrected chi connectivity index (χ2v) is 5.75. The second-order valence-electron chi connectivity index (χ2n) is 5.75. The van der Waals surface area contributed by atoms with E-state index in [0.717, 1.165) is 38.7 Å². The van der Waals surface area contributed by atoms with Crippen LogP contribution in [0.3, 0.4) is 0 Å². The fraction of sp³-hybridized carbons (Fsp3) is 0.857. The van der Waals surface area contributed by atoms with Gasteiger partial charge in [0.2, 0.25) is 0 Å². The SMILES string of the molecule is C=CC[C@]1(C)[C@@H](C)CC[C@@H](O)[C@@]12CCCO2. The highest BCUT2D eigenvalue weighted by molar-refractivity contribution is 5.11. The minimum atomic E-state index is -0.307. The molecule has 0 aromatic carbocycles. The first-order valence-electron chi connectivity index (χ1n) is 6.50. The maximum atomic E-state index is 10.4. The van der Waals surface area contributed by atoms with Crippen LogP contribution in [0.1, 0.15) is 46.0 Å². The summed E-state index contributed by atoms with van der Waals surface area (Å²) in [5.41, 5.74) is -0.262. The Balaban J connectivity index is 2.37. The Kier molecular flexibility index (Phi) is 3.15. The quantitative estimate of drug-likeness (QED) is 0.731. The molecular formula is C14H24O2. The van der Waals surface area contributed by atoms with Gasteiger partial charge in [0.15, 0.2) is 0 Å². The van der Waals surface area contributed by atoms with Crippen LogP contribution < -0.4 is 0 Å². The van der Waals surface area contributed by atoms with E-state index in [1.54, 1.807) is 0 Å². The van der Waals surface area contributed by atoms with Crippen molar-refractivity contribution in [1.29, 1.82) is 0 Å². The first kappa shape index (κ1) is 12.1. The lowest BCUT2D eigenvalue weighted by atomic mass is 9.55. The first-order chi connectivity index (χ1) is 7.57. The normalized spacial score (nSPS) is 48.4. The standard InChI is InChI=1S/C14H24O2/c1-4-8-13(3)11(2)6-7-12(15)14(13)9-5-10-16-14/h4,11-12,15H,1,5-10H2,2-3H3/t11-,12+,13+,14-/m0/s1. The average Bonchev–Trinajstić information content (AvgIpc) is 2.74. The summed E-state index contributed by atoms with van der Waals surface area (Å²) in [5, 5.41) is 10.4. The molecule has 92 valence electrons. The van der Waals surface area contributed by atoms with Crippen LogP contribution in [0, 0.1) is 11.3 Å². The zero-order valence-corrected chi connectivity index (χ0v) is 10.5. The number of hydrogen-bond donors (Lipinski definition) is 1. The van der Waals surface area contributed by atoms with E-state index in [0.29, 0.717) is 5.92 Å². The van der Waals surface area contributed by atoms with Crippen molar-refractivity contribution in [3.8, 4) is 0 Å². The van der Waals surface area contributed by atoms with Crippen molar-refractivity contribution in [2.45, 2.75) is 57.7 Å². The summed E-state index contributed by atoms with van der Waals surface area (Å²) < 4.78 is 6.03. The van der Waals surface area contributed by atoms with Crippen molar-refractivity contribution in [3.63, 3.8) is 0 Å². The molecule has 1 aliphatic carbocycles. The minimum Gasteiger partial charge on any atom is -0.390 e.